The van der Waals surface area contributed by atoms with Gasteiger partial charge in [-0.3, -0.25) is 0 Å². The minimum atomic E-state index is -1.76. The van der Waals surface area contributed by atoms with Gasteiger partial charge in [0.2, 0.25) is 11.8 Å². The van der Waals surface area contributed by atoms with Crippen molar-refractivity contribution in [2.75, 3.05) is 0 Å². The third-order valence-corrected chi connectivity index (χ3v) is 3.65. The van der Waals surface area contributed by atoms with Gasteiger partial charge in [-0.1, -0.05) is 83.5 Å². The molecule has 128 valence electrons. The molecule has 2 aromatic rings. The maximum atomic E-state index is 5.68. The van der Waals surface area contributed by atoms with Crippen LogP contribution in [0.4, 0.5) is 0 Å². The molecule has 0 aliphatic rings. The molecule has 12 heteroatoms. The third-order valence-electron chi connectivity index (χ3n) is 2.68. The van der Waals surface area contributed by atoms with E-state index in [-0.39, 0.29) is 17.2 Å². The summed E-state index contributed by atoms with van der Waals surface area (Å²) in [6, 6.07) is 0. The molecule has 0 atom stereocenters. The van der Waals surface area contributed by atoms with Gasteiger partial charge in [0.05, 0.1) is 0 Å². The normalized spacial score (nSPS) is 13.6. The molecule has 2 rings (SSSR count). The van der Waals surface area contributed by atoms with Gasteiger partial charge in [-0.25, -0.2) is 0 Å². The van der Waals surface area contributed by atoms with Gasteiger partial charge in [0, 0.05) is 12.8 Å². The van der Waals surface area contributed by atoms with Gasteiger partial charge < -0.3 is 8.83 Å². The van der Waals surface area contributed by atoms with Crippen molar-refractivity contribution in [1.82, 2.24) is 20.4 Å². The molecule has 0 aromatic carbocycles. The fourth-order valence-electron chi connectivity index (χ4n) is 1.76. The summed E-state index contributed by atoms with van der Waals surface area (Å²) in [5, 5.41) is 15.1. The molecular formula is C11H10Cl6N4O2. The summed E-state index contributed by atoms with van der Waals surface area (Å²) in [4.78, 5) is 0. The topological polar surface area (TPSA) is 77.8 Å². The first-order valence-electron chi connectivity index (χ1n) is 6.16. The van der Waals surface area contributed by atoms with Crippen molar-refractivity contribution in [2.24, 2.45) is 5.41 Å². The first kappa shape index (κ1) is 19.3. The van der Waals surface area contributed by atoms with Crippen LogP contribution in [0.3, 0.4) is 0 Å². The first-order valence-corrected chi connectivity index (χ1v) is 8.43. The predicted octanol–water partition coefficient (Wildman–Crippen LogP) is 4.92. The quantitative estimate of drug-likeness (QED) is 0.625. The van der Waals surface area contributed by atoms with Crippen LogP contribution in [-0.2, 0) is 20.4 Å². The molecule has 0 saturated heterocycles. The fourth-order valence-corrected chi connectivity index (χ4v) is 2.22. The van der Waals surface area contributed by atoms with Crippen molar-refractivity contribution >= 4 is 69.6 Å². The van der Waals surface area contributed by atoms with Crippen LogP contribution >= 0.6 is 69.6 Å². The van der Waals surface area contributed by atoms with E-state index >= 15 is 0 Å². The second-order valence-electron chi connectivity index (χ2n) is 5.52. The monoisotopic (exact) mass is 440 g/mol. The summed E-state index contributed by atoms with van der Waals surface area (Å²) >= 11 is 34.1. The highest BCUT2D eigenvalue weighted by Crippen LogP contribution is 2.39. The van der Waals surface area contributed by atoms with Gasteiger partial charge >= 0.3 is 0 Å². The average Bonchev–Trinajstić information content (AvgIpc) is 2.95. The number of aromatic nitrogens is 4. The Hall–Kier alpha value is 0.0200. The smallest absolute Gasteiger partial charge is 0.268 e. The Morgan fingerprint density at radius 3 is 1.30 bits per heavy atom. The van der Waals surface area contributed by atoms with Gasteiger partial charge in [-0.2, -0.15) is 0 Å². The molecule has 0 spiro atoms. The Balaban J connectivity index is 2.07. The molecule has 0 amide bonds. The highest BCUT2D eigenvalue weighted by atomic mass is 35.6. The molecule has 2 heterocycles. The van der Waals surface area contributed by atoms with Crippen LogP contribution in [0.15, 0.2) is 8.83 Å². The maximum Gasteiger partial charge on any atom is 0.268 e. The van der Waals surface area contributed by atoms with Crippen LogP contribution in [0.1, 0.15) is 37.4 Å². The lowest BCUT2D eigenvalue weighted by atomic mass is 9.85. The Labute approximate surface area is 161 Å². The lowest BCUT2D eigenvalue weighted by Gasteiger charge is -2.20. The van der Waals surface area contributed by atoms with Crippen molar-refractivity contribution in [3.63, 3.8) is 0 Å². The second kappa shape index (κ2) is 6.73. The van der Waals surface area contributed by atoms with Gasteiger partial charge in [-0.05, 0) is 5.41 Å². The number of rotatable bonds is 4. The predicted molar refractivity (Wildman–Crippen MR) is 88.3 cm³/mol. The van der Waals surface area contributed by atoms with Crippen molar-refractivity contribution in [2.45, 2.75) is 34.3 Å². The Kier molecular flexibility index (Phi) is 5.66. The number of hydrogen-bond acceptors (Lipinski definition) is 6. The lowest BCUT2D eigenvalue weighted by molar-refractivity contribution is 0.285. The van der Waals surface area contributed by atoms with E-state index < -0.39 is 7.59 Å². The lowest BCUT2D eigenvalue weighted by Crippen LogP contribution is -2.19. The van der Waals surface area contributed by atoms with Crippen molar-refractivity contribution in [3.05, 3.63) is 23.6 Å². The maximum absolute atomic E-state index is 5.68. The zero-order valence-corrected chi connectivity index (χ0v) is 16.3. The van der Waals surface area contributed by atoms with E-state index in [4.69, 9.17) is 78.4 Å². The second-order valence-corrected chi connectivity index (χ2v) is 10.1. The fraction of sp³-hybridized carbons (Fsp3) is 0.636. The Bertz CT molecular complexity index is 616. The van der Waals surface area contributed by atoms with E-state index in [1.54, 1.807) is 0 Å². The van der Waals surface area contributed by atoms with Crippen molar-refractivity contribution < 1.29 is 8.83 Å². The van der Waals surface area contributed by atoms with E-state index in [1.807, 2.05) is 13.8 Å². The number of alkyl halides is 6. The number of halogens is 6. The summed E-state index contributed by atoms with van der Waals surface area (Å²) < 4.78 is 7.14. The molecule has 6 nitrogen and oxygen atoms in total. The van der Waals surface area contributed by atoms with Crippen LogP contribution in [0, 0.1) is 5.41 Å². The van der Waals surface area contributed by atoms with Crippen LogP contribution in [0.2, 0.25) is 0 Å². The van der Waals surface area contributed by atoms with E-state index in [0.717, 1.165) is 0 Å². The molecule has 0 aliphatic heterocycles. The summed E-state index contributed by atoms with van der Waals surface area (Å²) in [6.45, 7) is 3.87. The molecule has 0 fully saturated rings. The Morgan fingerprint density at radius 2 is 1.04 bits per heavy atom. The standard InChI is InChI=1S/C11H10Cl6N4O2/c1-9(2,3-5-18-20-7(22-5)10(12,13)14)4-6-19-21-8(23-6)11(15,16)17/h3-4H2,1-2H3. The summed E-state index contributed by atoms with van der Waals surface area (Å²) in [5.41, 5.74) is -0.366. The van der Waals surface area contributed by atoms with Crippen LogP contribution in [0.25, 0.3) is 0 Å². The highest BCUT2D eigenvalue weighted by Gasteiger charge is 2.34. The molecular weight excluding hydrogens is 433 g/mol. The van der Waals surface area contributed by atoms with E-state index in [9.17, 15) is 0 Å². The summed E-state index contributed by atoms with van der Waals surface area (Å²) in [5.74, 6) is 0.448. The van der Waals surface area contributed by atoms with Gasteiger partial charge in [0.15, 0.2) is 0 Å². The molecule has 0 unspecified atom stereocenters. The summed E-state index contributed by atoms with van der Waals surface area (Å²) in [7, 11) is 0. The van der Waals surface area contributed by atoms with E-state index in [0.29, 0.717) is 24.6 Å². The van der Waals surface area contributed by atoms with Gasteiger partial charge in [0.1, 0.15) is 0 Å². The molecule has 0 N–H and O–H groups in total. The molecule has 23 heavy (non-hydrogen) atoms. The Morgan fingerprint density at radius 1 is 0.696 bits per heavy atom. The summed E-state index contributed by atoms with van der Waals surface area (Å²) in [6.07, 6.45) is 0.790. The molecule has 2 aromatic heterocycles. The average molecular weight is 443 g/mol. The number of hydrogen-bond donors (Lipinski definition) is 0. The zero-order valence-electron chi connectivity index (χ0n) is 11.8. The first-order chi connectivity index (χ1) is 10.4. The zero-order chi connectivity index (χ0) is 17.5. The third kappa shape index (κ3) is 5.51. The van der Waals surface area contributed by atoms with Crippen LogP contribution in [0.5, 0.6) is 0 Å². The minimum absolute atomic E-state index is 0.0930. The number of nitrogens with zero attached hydrogens (tertiary/aromatic N) is 4. The molecule has 0 aliphatic carbocycles. The molecule has 0 radical (unpaired) electrons. The van der Waals surface area contributed by atoms with E-state index in [1.165, 1.54) is 0 Å². The van der Waals surface area contributed by atoms with Crippen LogP contribution < -0.4 is 0 Å². The van der Waals surface area contributed by atoms with Gasteiger partial charge in [0.25, 0.3) is 19.4 Å². The van der Waals surface area contributed by atoms with E-state index in [2.05, 4.69) is 20.4 Å². The molecule has 0 saturated carbocycles. The van der Waals surface area contributed by atoms with Crippen molar-refractivity contribution in [3.8, 4) is 0 Å². The highest BCUT2D eigenvalue weighted by molar-refractivity contribution is 6.66. The SMILES string of the molecule is CC(C)(Cc1nnc(C(Cl)(Cl)Cl)o1)Cc1nnc(C(Cl)(Cl)Cl)o1. The van der Waals surface area contributed by atoms with Crippen LogP contribution in [-0.4, -0.2) is 20.4 Å². The van der Waals surface area contributed by atoms with Crippen molar-refractivity contribution in [1.29, 1.82) is 0 Å². The van der Waals surface area contributed by atoms with Gasteiger partial charge in [-0.15, -0.1) is 20.4 Å². The largest absolute Gasteiger partial charge is 0.421 e. The minimum Gasteiger partial charge on any atom is -0.421 e. The molecule has 0 bridgehead atoms.